The largest absolute Gasteiger partial charge is 0.438 e. The first-order chi connectivity index (χ1) is 8.97. The average molecular weight is 323 g/mol. The molecule has 0 aliphatic carbocycles. The zero-order valence-corrected chi connectivity index (χ0v) is 12.0. The molecule has 0 aliphatic heterocycles. The van der Waals surface area contributed by atoms with E-state index in [1.54, 1.807) is 6.92 Å². The molecule has 0 fully saturated rings. The van der Waals surface area contributed by atoms with E-state index < -0.39 is 4.92 Å². The summed E-state index contributed by atoms with van der Waals surface area (Å²) in [6.45, 7) is 3.55. The fourth-order valence-corrected chi connectivity index (χ4v) is 2.16. The predicted octanol–water partition coefficient (Wildman–Crippen LogP) is 4.16. The molecule has 0 saturated heterocycles. The molecule has 2 aromatic rings. The number of hydrogen-bond acceptors (Lipinski definition) is 4. The number of hydrogen-bond donors (Lipinski definition) is 0. The van der Waals surface area contributed by atoms with Crippen molar-refractivity contribution in [3.05, 3.63) is 56.2 Å². The van der Waals surface area contributed by atoms with Crippen LogP contribution < -0.4 is 4.74 Å². The van der Waals surface area contributed by atoms with Crippen molar-refractivity contribution in [2.75, 3.05) is 0 Å². The van der Waals surface area contributed by atoms with Crippen LogP contribution in [-0.4, -0.2) is 9.91 Å². The molecule has 0 spiro atoms. The van der Waals surface area contributed by atoms with Gasteiger partial charge in [0, 0.05) is 12.1 Å². The lowest BCUT2D eigenvalue weighted by atomic mass is 10.2. The normalized spacial score (nSPS) is 10.3. The first-order valence-electron chi connectivity index (χ1n) is 5.53. The Bertz CT molecular complexity index is 644. The van der Waals surface area contributed by atoms with Crippen molar-refractivity contribution < 1.29 is 9.66 Å². The fourth-order valence-electron chi connectivity index (χ4n) is 1.58. The van der Waals surface area contributed by atoms with Crippen molar-refractivity contribution in [3.63, 3.8) is 0 Å². The maximum atomic E-state index is 10.7. The number of aryl methyl sites for hydroxylation is 2. The summed E-state index contributed by atoms with van der Waals surface area (Å²) >= 11 is 3.40. The maximum absolute atomic E-state index is 10.7. The van der Waals surface area contributed by atoms with Crippen molar-refractivity contribution in [3.8, 4) is 11.6 Å². The molecule has 0 amide bonds. The SMILES string of the molecule is Cc1ccc(Oc2ccc([N+](=O)[O-])c(C)n2)c(Br)c1. The number of nitrogens with zero attached hydrogens (tertiary/aromatic N) is 2. The molecule has 0 saturated carbocycles. The summed E-state index contributed by atoms with van der Waals surface area (Å²) in [5.74, 6) is 0.944. The van der Waals surface area contributed by atoms with E-state index >= 15 is 0 Å². The van der Waals surface area contributed by atoms with Crippen LogP contribution >= 0.6 is 15.9 Å². The van der Waals surface area contributed by atoms with Gasteiger partial charge < -0.3 is 4.74 Å². The topological polar surface area (TPSA) is 65.3 Å². The Kier molecular flexibility index (Phi) is 3.80. The van der Waals surface area contributed by atoms with Crippen LogP contribution in [0.25, 0.3) is 0 Å². The minimum absolute atomic E-state index is 0.0182. The number of nitro groups is 1. The molecule has 5 nitrogen and oxygen atoms in total. The Morgan fingerprint density at radius 1 is 1.26 bits per heavy atom. The lowest BCUT2D eigenvalue weighted by Crippen LogP contribution is -1.96. The third kappa shape index (κ3) is 3.08. The minimum atomic E-state index is -0.464. The second-order valence-corrected chi connectivity index (χ2v) is 4.90. The van der Waals surface area contributed by atoms with Gasteiger partial charge in [-0.1, -0.05) is 6.07 Å². The van der Waals surface area contributed by atoms with Gasteiger partial charge >= 0.3 is 0 Å². The molecule has 2 rings (SSSR count). The first kappa shape index (κ1) is 13.5. The maximum Gasteiger partial charge on any atom is 0.290 e. The molecule has 1 aromatic heterocycles. The highest BCUT2D eigenvalue weighted by Gasteiger charge is 2.13. The number of pyridine rings is 1. The van der Waals surface area contributed by atoms with Gasteiger partial charge in [0.25, 0.3) is 5.69 Å². The van der Waals surface area contributed by atoms with Crippen molar-refractivity contribution in [2.45, 2.75) is 13.8 Å². The molecule has 0 radical (unpaired) electrons. The van der Waals surface area contributed by atoms with E-state index in [1.807, 2.05) is 25.1 Å². The lowest BCUT2D eigenvalue weighted by Gasteiger charge is -2.08. The highest BCUT2D eigenvalue weighted by molar-refractivity contribution is 9.10. The second kappa shape index (κ2) is 5.36. The van der Waals surface area contributed by atoms with E-state index in [0.29, 0.717) is 17.3 Å². The molecule has 19 heavy (non-hydrogen) atoms. The number of rotatable bonds is 3. The monoisotopic (exact) mass is 322 g/mol. The number of aromatic nitrogens is 1. The van der Waals surface area contributed by atoms with Gasteiger partial charge in [-0.3, -0.25) is 10.1 Å². The van der Waals surface area contributed by atoms with E-state index in [9.17, 15) is 10.1 Å². The Balaban J connectivity index is 2.29. The van der Waals surface area contributed by atoms with Crippen LogP contribution in [-0.2, 0) is 0 Å². The van der Waals surface area contributed by atoms with Crippen LogP contribution in [0.4, 0.5) is 5.69 Å². The van der Waals surface area contributed by atoms with Gasteiger partial charge in [0.05, 0.1) is 9.40 Å². The summed E-state index contributed by atoms with van der Waals surface area (Å²) in [6, 6.07) is 8.53. The standard InChI is InChI=1S/C13H11BrN2O3/c1-8-3-5-12(10(14)7-8)19-13-6-4-11(16(17)18)9(2)15-13/h3-7H,1-2H3. The summed E-state index contributed by atoms with van der Waals surface area (Å²) in [5, 5.41) is 10.7. The van der Waals surface area contributed by atoms with Gasteiger partial charge in [0.2, 0.25) is 5.88 Å². The molecule has 0 aliphatic rings. The van der Waals surface area contributed by atoms with Gasteiger partial charge in [-0.15, -0.1) is 0 Å². The van der Waals surface area contributed by atoms with Crippen molar-refractivity contribution >= 4 is 21.6 Å². The van der Waals surface area contributed by atoms with Crippen molar-refractivity contribution in [1.82, 2.24) is 4.98 Å². The molecule has 6 heteroatoms. The summed E-state index contributed by atoms with van der Waals surface area (Å²) in [4.78, 5) is 14.3. The Morgan fingerprint density at radius 3 is 2.58 bits per heavy atom. The zero-order chi connectivity index (χ0) is 14.0. The van der Waals surface area contributed by atoms with Crippen LogP contribution in [0.5, 0.6) is 11.6 Å². The molecule has 0 unspecified atom stereocenters. The van der Waals surface area contributed by atoms with Gasteiger partial charge in [0.15, 0.2) is 0 Å². The molecular formula is C13H11BrN2O3. The fraction of sp³-hybridized carbons (Fsp3) is 0.154. The molecule has 1 aromatic carbocycles. The zero-order valence-electron chi connectivity index (χ0n) is 10.4. The van der Waals surface area contributed by atoms with Crippen molar-refractivity contribution in [1.29, 1.82) is 0 Å². The molecule has 0 atom stereocenters. The van der Waals surface area contributed by atoms with E-state index in [1.165, 1.54) is 12.1 Å². The van der Waals surface area contributed by atoms with Gasteiger partial charge in [0.1, 0.15) is 11.4 Å². The quantitative estimate of drug-likeness (QED) is 0.628. The number of halogens is 1. The summed E-state index contributed by atoms with van der Waals surface area (Å²) in [5.41, 5.74) is 1.41. The molecule has 0 bridgehead atoms. The predicted molar refractivity (Wildman–Crippen MR) is 74.6 cm³/mol. The molecule has 1 heterocycles. The van der Waals surface area contributed by atoms with Crippen LogP contribution in [0.1, 0.15) is 11.3 Å². The van der Waals surface area contributed by atoms with E-state index in [0.717, 1.165) is 10.0 Å². The van der Waals surface area contributed by atoms with Crippen LogP contribution in [0.3, 0.4) is 0 Å². The van der Waals surface area contributed by atoms with Gasteiger partial charge in [-0.25, -0.2) is 4.98 Å². The molecular weight excluding hydrogens is 312 g/mol. The Morgan fingerprint density at radius 2 is 2.00 bits per heavy atom. The summed E-state index contributed by atoms with van der Waals surface area (Å²) < 4.78 is 6.41. The number of benzene rings is 1. The minimum Gasteiger partial charge on any atom is -0.438 e. The van der Waals surface area contributed by atoms with E-state index in [4.69, 9.17) is 4.74 Å². The van der Waals surface area contributed by atoms with Gasteiger partial charge in [-0.2, -0.15) is 0 Å². The second-order valence-electron chi connectivity index (χ2n) is 4.05. The smallest absolute Gasteiger partial charge is 0.290 e. The number of ether oxygens (including phenoxy) is 1. The summed E-state index contributed by atoms with van der Waals surface area (Å²) in [6.07, 6.45) is 0. The third-order valence-corrected chi connectivity index (χ3v) is 3.15. The van der Waals surface area contributed by atoms with Crippen LogP contribution in [0.2, 0.25) is 0 Å². The third-order valence-electron chi connectivity index (χ3n) is 2.53. The van der Waals surface area contributed by atoms with E-state index in [2.05, 4.69) is 20.9 Å². The highest BCUT2D eigenvalue weighted by Crippen LogP contribution is 2.30. The summed E-state index contributed by atoms with van der Waals surface area (Å²) in [7, 11) is 0. The molecule has 0 N–H and O–H groups in total. The Labute approximate surface area is 118 Å². The van der Waals surface area contributed by atoms with Crippen LogP contribution in [0.15, 0.2) is 34.8 Å². The lowest BCUT2D eigenvalue weighted by molar-refractivity contribution is -0.385. The van der Waals surface area contributed by atoms with E-state index in [-0.39, 0.29) is 5.69 Å². The highest BCUT2D eigenvalue weighted by atomic mass is 79.9. The van der Waals surface area contributed by atoms with Gasteiger partial charge in [-0.05, 0) is 47.5 Å². The van der Waals surface area contributed by atoms with Crippen LogP contribution in [0, 0.1) is 24.0 Å². The Hall–Kier alpha value is -1.95. The molecule has 98 valence electrons. The average Bonchev–Trinajstić information content (AvgIpc) is 2.32. The first-order valence-corrected chi connectivity index (χ1v) is 6.32. The van der Waals surface area contributed by atoms with Crippen molar-refractivity contribution in [2.24, 2.45) is 0 Å².